The molecule has 3 rings (SSSR count). The number of likely N-dealkylation sites (tertiary alicyclic amines) is 1. The lowest BCUT2D eigenvalue weighted by Crippen LogP contribution is -2.54. The maximum absolute atomic E-state index is 13.4. The highest BCUT2D eigenvalue weighted by atomic mass is 79.9. The molecule has 1 N–H and O–H groups in total. The molecule has 1 unspecified atom stereocenters. The molecule has 1 saturated heterocycles. The van der Waals surface area contributed by atoms with Gasteiger partial charge in [-0.05, 0) is 43.4 Å². The summed E-state index contributed by atoms with van der Waals surface area (Å²) in [5, 5.41) is 2.98. The van der Waals surface area contributed by atoms with E-state index in [1.807, 2.05) is 17.0 Å². The molecular weight excluding hydrogens is 368 g/mol. The molecule has 1 aliphatic heterocycles. The van der Waals surface area contributed by atoms with Gasteiger partial charge in [0.25, 0.3) is 0 Å². The molecule has 24 heavy (non-hydrogen) atoms. The van der Waals surface area contributed by atoms with Crippen LogP contribution in [0, 0.1) is 0 Å². The summed E-state index contributed by atoms with van der Waals surface area (Å²) in [7, 11) is 0. The molecule has 1 aromatic carbocycles. The van der Waals surface area contributed by atoms with Gasteiger partial charge < -0.3 is 10.2 Å². The van der Waals surface area contributed by atoms with E-state index in [9.17, 15) is 9.59 Å². The van der Waals surface area contributed by atoms with Crippen molar-refractivity contribution in [2.24, 2.45) is 0 Å². The molecule has 0 bridgehead atoms. The van der Waals surface area contributed by atoms with Gasteiger partial charge in [0.1, 0.15) is 0 Å². The molecule has 5 heteroatoms. The molecule has 4 nitrogen and oxygen atoms in total. The van der Waals surface area contributed by atoms with E-state index in [0.717, 1.165) is 55.1 Å². The van der Waals surface area contributed by atoms with Crippen molar-refractivity contribution in [3.8, 4) is 0 Å². The predicted molar refractivity (Wildman–Crippen MR) is 97.7 cm³/mol. The molecule has 2 amide bonds. The normalized spacial score (nSPS) is 23.1. The van der Waals surface area contributed by atoms with Crippen LogP contribution in [-0.2, 0) is 15.0 Å². The fraction of sp³-hybridized carbons (Fsp3) is 0.579. The van der Waals surface area contributed by atoms with Crippen molar-refractivity contribution in [1.82, 2.24) is 10.2 Å². The standard InChI is InChI=1S/C19H25BrN2O2/c1-14(23)21-17-5-4-12-22(13-17)18(24)19(10-2-3-11-19)15-6-8-16(20)9-7-15/h6-9,17H,2-5,10-13H2,1H3,(H,21,23). The first-order valence-corrected chi connectivity index (χ1v) is 9.63. The minimum absolute atomic E-state index is 0.0159. The summed E-state index contributed by atoms with van der Waals surface area (Å²) in [6.45, 7) is 2.98. The number of benzene rings is 1. The van der Waals surface area contributed by atoms with Gasteiger partial charge >= 0.3 is 0 Å². The van der Waals surface area contributed by atoms with E-state index in [-0.39, 0.29) is 23.3 Å². The number of carbonyl (C=O) groups is 2. The summed E-state index contributed by atoms with van der Waals surface area (Å²) in [5.41, 5.74) is 0.758. The van der Waals surface area contributed by atoms with Gasteiger partial charge in [0.2, 0.25) is 11.8 Å². The second-order valence-electron chi connectivity index (χ2n) is 7.09. The van der Waals surface area contributed by atoms with E-state index in [4.69, 9.17) is 0 Å². The number of nitrogens with one attached hydrogen (secondary N) is 1. The average molecular weight is 393 g/mol. The molecule has 130 valence electrons. The highest BCUT2D eigenvalue weighted by molar-refractivity contribution is 9.10. The van der Waals surface area contributed by atoms with Crippen LogP contribution in [0.5, 0.6) is 0 Å². The highest BCUT2D eigenvalue weighted by Gasteiger charge is 2.45. The molecule has 2 aliphatic rings. The Morgan fingerprint density at radius 2 is 1.83 bits per heavy atom. The van der Waals surface area contributed by atoms with Crippen molar-refractivity contribution in [2.45, 2.75) is 56.9 Å². The van der Waals surface area contributed by atoms with Crippen LogP contribution in [0.25, 0.3) is 0 Å². The SMILES string of the molecule is CC(=O)NC1CCCN(C(=O)C2(c3ccc(Br)cc3)CCCC2)C1. The Kier molecular flexibility index (Phi) is 5.28. The van der Waals surface area contributed by atoms with Crippen LogP contribution >= 0.6 is 15.9 Å². The van der Waals surface area contributed by atoms with Crippen LogP contribution < -0.4 is 5.32 Å². The molecule has 1 aliphatic carbocycles. The first-order chi connectivity index (χ1) is 11.5. The highest BCUT2D eigenvalue weighted by Crippen LogP contribution is 2.43. The fourth-order valence-electron chi connectivity index (χ4n) is 4.24. The first kappa shape index (κ1) is 17.5. The molecule has 0 radical (unpaired) electrons. The third-order valence-electron chi connectivity index (χ3n) is 5.38. The first-order valence-electron chi connectivity index (χ1n) is 8.84. The molecule has 0 spiro atoms. The topological polar surface area (TPSA) is 49.4 Å². The van der Waals surface area contributed by atoms with Crippen LogP contribution in [0.15, 0.2) is 28.7 Å². The van der Waals surface area contributed by atoms with Crippen molar-refractivity contribution >= 4 is 27.7 Å². The summed E-state index contributed by atoms with van der Waals surface area (Å²) in [5.74, 6) is 0.232. The van der Waals surface area contributed by atoms with Gasteiger partial charge in [-0.25, -0.2) is 0 Å². The number of hydrogen-bond acceptors (Lipinski definition) is 2. The number of nitrogens with zero attached hydrogens (tertiary/aromatic N) is 1. The summed E-state index contributed by atoms with van der Waals surface area (Å²) in [6, 6.07) is 8.31. The second kappa shape index (κ2) is 7.26. The van der Waals surface area contributed by atoms with Crippen molar-refractivity contribution in [2.75, 3.05) is 13.1 Å². The number of hydrogen-bond donors (Lipinski definition) is 1. The smallest absolute Gasteiger partial charge is 0.233 e. The average Bonchev–Trinajstić information content (AvgIpc) is 3.05. The van der Waals surface area contributed by atoms with Gasteiger partial charge in [0.05, 0.1) is 5.41 Å². The van der Waals surface area contributed by atoms with Gasteiger partial charge in [-0.2, -0.15) is 0 Å². The van der Waals surface area contributed by atoms with Gasteiger partial charge in [-0.3, -0.25) is 9.59 Å². The van der Waals surface area contributed by atoms with E-state index in [1.54, 1.807) is 6.92 Å². The Hall–Kier alpha value is -1.36. The minimum Gasteiger partial charge on any atom is -0.352 e. The predicted octanol–water partition coefficient (Wildman–Crippen LogP) is 3.39. The Bertz CT molecular complexity index is 608. The summed E-state index contributed by atoms with van der Waals surface area (Å²) in [4.78, 5) is 26.8. The maximum Gasteiger partial charge on any atom is 0.233 e. The Morgan fingerprint density at radius 3 is 2.46 bits per heavy atom. The largest absolute Gasteiger partial charge is 0.352 e. The molecule has 1 saturated carbocycles. The van der Waals surface area contributed by atoms with Crippen molar-refractivity contribution in [3.63, 3.8) is 0 Å². The maximum atomic E-state index is 13.4. The lowest BCUT2D eigenvalue weighted by molar-refractivity contribution is -0.139. The van der Waals surface area contributed by atoms with Crippen LogP contribution in [0.1, 0.15) is 51.0 Å². The second-order valence-corrected chi connectivity index (χ2v) is 8.00. The van der Waals surface area contributed by atoms with Crippen LogP contribution in [0.4, 0.5) is 0 Å². The Labute approximate surface area is 152 Å². The molecular formula is C19H25BrN2O2. The van der Waals surface area contributed by atoms with E-state index < -0.39 is 0 Å². The Morgan fingerprint density at radius 1 is 1.17 bits per heavy atom. The Balaban J connectivity index is 1.82. The van der Waals surface area contributed by atoms with E-state index in [1.165, 1.54) is 0 Å². The van der Waals surface area contributed by atoms with Gasteiger partial charge in [-0.15, -0.1) is 0 Å². The molecule has 1 aromatic rings. The summed E-state index contributed by atoms with van der Waals surface area (Å²) in [6.07, 6.45) is 5.96. The van der Waals surface area contributed by atoms with E-state index in [2.05, 4.69) is 33.4 Å². The van der Waals surface area contributed by atoms with Gasteiger partial charge in [-0.1, -0.05) is 40.9 Å². The number of halogens is 1. The van der Waals surface area contributed by atoms with Crippen LogP contribution in [0.3, 0.4) is 0 Å². The molecule has 1 atom stereocenters. The fourth-order valence-corrected chi connectivity index (χ4v) is 4.51. The summed E-state index contributed by atoms with van der Waals surface area (Å²) < 4.78 is 1.04. The van der Waals surface area contributed by atoms with E-state index in [0.29, 0.717) is 6.54 Å². The number of piperidine rings is 1. The summed E-state index contributed by atoms with van der Waals surface area (Å²) >= 11 is 3.48. The zero-order valence-electron chi connectivity index (χ0n) is 14.2. The quantitative estimate of drug-likeness (QED) is 0.856. The third-order valence-corrected chi connectivity index (χ3v) is 5.91. The zero-order chi connectivity index (χ0) is 17.2. The minimum atomic E-state index is -0.376. The number of rotatable bonds is 3. The lowest BCUT2D eigenvalue weighted by Gasteiger charge is -2.39. The number of carbonyl (C=O) groups excluding carboxylic acids is 2. The monoisotopic (exact) mass is 392 g/mol. The third kappa shape index (κ3) is 3.51. The van der Waals surface area contributed by atoms with E-state index >= 15 is 0 Å². The van der Waals surface area contributed by atoms with Crippen molar-refractivity contribution in [3.05, 3.63) is 34.3 Å². The molecule has 1 heterocycles. The van der Waals surface area contributed by atoms with Crippen molar-refractivity contribution in [1.29, 1.82) is 0 Å². The van der Waals surface area contributed by atoms with Gasteiger partial charge in [0, 0.05) is 30.5 Å². The molecule has 2 fully saturated rings. The number of amides is 2. The zero-order valence-corrected chi connectivity index (χ0v) is 15.8. The van der Waals surface area contributed by atoms with Crippen LogP contribution in [-0.4, -0.2) is 35.8 Å². The molecule has 0 aromatic heterocycles. The van der Waals surface area contributed by atoms with Gasteiger partial charge in [0.15, 0.2) is 0 Å². The lowest BCUT2D eigenvalue weighted by atomic mass is 9.77. The van der Waals surface area contributed by atoms with Crippen molar-refractivity contribution < 1.29 is 9.59 Å². The van der Waals surface area contributed by atoms with Crippen LogP contribution in [0.2, 0.25) is 0 Å².